The molecule has 26 heavy (non-hydrogen) atoms. The summed E-state index contributed by atoms with van der Waals surface area (Å²) in [6, 6.07) is 11.7. The van der Waals surface area contributed by atoms with E-state index < -0.39 is 0 Å². The quantitative estimate of drug-likeness (QED) is 0.487. The van der Waals surface area contributed by atoms with Gasteiger partial charge in [-0.25, -0.2) is 0 Å². The average molecular weight is 368 g/mol. The zero-order valence-corrected chi connectivity index (χ0v) is 15.3. The van der Waals surface area contributed by atoms with E-state index >= 15 is 0 Å². The Kier molecular flexibility index (Phi) is 5.91. The highest BCUT2D eigenvalue weighted by Crippen LogP contribution is 2.24. The number of carbonyl (C=O) groups excluding carboxylic acids is 1. The van der Waals surface area contributed by atoms with Crippen molar-refractivity contribution in [3.05, 3.63) is 66.4 Å². The van der Waals surface area contributed by atoms with Gasteiger partial charge in [0.05, 0.1) is 12.0 Å². The molecule has 0 bridgehead atoms. The van der Waals surface area contributed by atoms with Gasteiger partial charge in [0.25, 0.3) is 0 Å². The number of hydrogen-bond acceptors (Lipinski definition) is 5. The normalized spacial score (nSPS) is 10.7. The van der Waals surface area contributed by atoms with Crippen molar-refractivity contribution in [3.8, 4) is 11.6 Å². The molecule has 3 rings (SSSR count). The van der Waals surface area contributed by atoms with Crippen molar-refractivity contribution in [1.82, 2.24) is 20.1 Å². The standard InChI is InChI=1S/C19H20N4O2S/c1-3-10-23-18(16-5-4-11-25-16)21-22-19(23)26-13-17(24)20-12-15-8-6-14(2)7-9-15/h3-9,11H,1,10,12-13H2,2H3,(H,20,24). The smallest absolute Gasteiger partial charge is 0.230 e. The number of nitrogens with one attached hydrogen (secondary N) is 1. The summed E-state index contributed by atoms with van der Waals surface area (Å²) in [5, 5.41) is 11.9. The Labute approximate surface area is 156 Å². The van der Waals surface area contributed by atoms with Crippen LogP contribution in [-0.2, 0) is 17.9 Å². The lowest BCUT2D eigenvalue weighted by atomic mass is 10.1. The maximum Gasteiger partial charge on any atom is 0.230 e. The summed E-state index contributed by atoms with van der Waals surface area (Å²) in [5.41, 5.74) is 2.27. The zero-order valence-electron chi connectivity index (χ0n) is 14.5. The van der Waals surface area contributed by atoms with Crippen molar-refractivity contribution in [1.29, 1.82) is 0 Å². The third-order valence-electron chi connectivity index (χ3n) is 3.71. The van der Waals surface area contributed by atoms with Gasteiger partial charge in [-0.05, 0) is 24.6 Å². The molecule has 0 unspecified atom stereocenters. The summed E-state index contributed by atoms with van der Waals surface area (Å²) in [7, 11) is 0. The minimum atomic E-state index is -0.0525. The molecule has 2 heterocycles. The molecule has 3 aromatic rings. The van der Waals surface area contributed by atoms with Gasteiger partial charge in [-0.1, -0.05) is 47.7 Å². The molecule has 0 aliphatic heterocycles. The van der Waals surface area contributed by atoms with Crippen LogP contribution in [0.2, 0.25) is 0 Å². The summed E-state index contributed by atoms with van der Waals surface area (Å²) < 4.78 is 7.27. The number of benzene rings is 1. The molecule has 0 aliphatic rings. The molecule has 0 fully saturated rings. The van der Waals surface area contributed by atoms with Crippen LogP contribution in [0.25, 0.3) is 11.6 Å². The van der Waals surface area contributed by atoms with Crippen LogP contribution in [0, 0.1) is 6.92 Å². The molecule has 1 N–H and O–H groups in total. The number of thioether (sulfide) groups is 1. The van der Waals surface area contributed by atoms with Crippen LogP contribution < -0.4 is 5.32 Å². The highest BCUT2D eigenvalue weighted by molar-refractivity contribution is 7.99. The third-order valence-corrected chi connectivity index (χ3v) is 4.68. The summed E-state index contributed by atoms with van der Waals surface area (Å²) in [6.45, 7) is 6.85. The van der Waals surface area contributed by atoms with Crippen LogP contribution >= 0.6 is 11.8 Å². The number of rotatable bonds is 8. The second kappa shape index (κ2) is 8.53. The Bertz CT molecular complexity index is 870. The predicted molar refractivity (Wildman–Crippen MR) is 102 cm³/mol. The first-order valence-electron chi connectivity index (χ1n) is 8.20. The van der Waals surface area contributed by atoms with Crippen molar-refractivity contribution >= 4 is 17.7 Å². The van der Waals surface area contributed by atoms with E-state index in [9.17, 15) is 4.79 Å². The van der Waals surface area contributed by atoms with Crippen molar-refractivity contribution in [3.63, 3.8) is 0 Å². The molecule has 1 aromatic carbocycles. The number of aryl methyl sites for hydroxylation is 1. The number of nitrogens with zero attached hydrogens (tertiary/aromatic N) is 3. The number of allylic oxidation sites excluding steroid dienone is 1. The van der Waals surface area contributed by atoms with Crippen molar-refractivity contribution in [2.75, 3.05) is 5.75 Å². The molecule has 0 spiro atoms. The van der Waals surface area contributed by atoms with Gasteiger partial charge in [-0.3, -0.25) is 9.36 Å². The molecule has 0 aliphatic carbocycles. The van der Waals surface area contributed by atoms with Crippen molar-refractivity contribution in [2.24, 2.45) is 0 Å². The lowest BCUT2D eigenvalue weighted by Crippen LogP contribution is -2.24. The maximum absolute atomic E-state index is 12.1. The van der Waals surface area contributed by atoms with Crippen LogP contribution in [0.15, 0.2) is 64.9 Å². The predicted octanol–water partition coefficient (Wildman–Crippen LogP) is 3.44. The van der Waals surface area contributed by atoms with E-state index in [0.717, 1.165) is 5.56 Å². The molecule has 6 nitrogen and oxygen atoms in total. The van der Waals surface area contributed by atoms with Crippen LogP contribution in [0.3, 0.4) is 0 Å². The third kappa shape index (κ3) is 4.43. The SMILES string of the molecule is C=CCn1c(SCC(=O)NCc2ccc(C)cc2)nnc1-c1ccco1. The fraction of sp³-hybridized carbons (Fsp3) is 0.211. The topological polar surface area (TPSA) is 73.0 Å². The lowest BCUT2D eigenvalue weighted by molar-refractivity contribution is -0.118. The molecule has 134 valence electrons. The van der Waals surface area contributed by atoms with Gasteiger partial charge < -0.3 is 9.73 Å². The first-order chi connectivity index (χ1) is 12.7. The van der Waals surface area contributed by atoms with E-state index in [1.54, 1.807) is 18.4 Å². The van der Waals surface area contributed by atoms with E-state index in [1.807, 2.05) is 41.8 Å². The molecule has 1 amide bonds. The van der Waals surface area contributed by atoms with Gasteiger partial charge in [0.2, 0.25) is 11.7 Å². The highest BCUT2D eigenvalue weighted by Gasteiger charge is 2.16. The van der Waals surface area contributed by atoms with Gasteiger partial charge in [-0.15, -0.1) is 16.8 Å². The van der Waals surface area contributed by atoms with E-state index in [-0.39, 0.29) is 11.7 Å². The minimum Gasteiger partial charge on any atom is -0.461 e. The number of furan rings is 1. The molecule has 0 saturated heterocycles. The highest BCUT2D eigenvalue weighted by atomic mass is 32.2. The monoisotopic (exact) mass is 368 g/mol. The fourth-order valence-electron chi connectivity index (χ4n) is 2.36. The Hall–Kier alpha value is -2.80. The van der Waals surface area contributed by atoms with Crippen molar-refractivity contribution in [2.45, 2.75) is 25.2 Å². The number of amides is 1. The molecule has 0 saturated carbocycles. The molecule has 0 radical (unpaired) electrons. The Balaban J connectivity index is 1.59. The van der Waals surface area contributed by atoms with E-state index in [2.05, 4.69) is 22.1 Å². The Morgan fingerprint density at radius 1 is 1.31 bits per heavy atom. The van der Waals surface area contributed by atoms with Gasteiger partial charge in [0.1, 0.15) is 0 Å². The Morgan fingerprint density at radius 3 is 2.81 bits per heavy atom. The number of aromatic nitrogens is 3. The minimum absolute atomic E-state index is 0.0525. The number of hydrogen-bond donors (Lipinski definition) is 1. The first kappa shape index (κ1) is 18.0. The van der Waals surface area contributed by atoms with E-state index in [1.165, 1.54) is 17.3 Å². The second-order valence-electron chi connectivity index (χ2n) is 5.73. The fourth-order valence-corrected chi connectivity index (χ4v) is 3.14. The average Bonchev–Trinajstić information content (AvgIpc) is 3.29. The lowest BCUT2D eigenvalue weighted by Gasteiger charge is -2.07. The largest absolute Gasteiger partial charge is 0.461 e. The summed E-state index contributed by atoms with van der Waals surface area (Å²) in [6.07, 6.45) is 3.35. The summed E-state index contributed by atoms with van der Waals surface area (Å²) >= 11 is 1.34. The van der Waals surface area contributed by atoms with Gasteiger partial charge in [-0.2, -0.15) is 0 Å². The van der Waals surface area contributed by atoms with Crippen LogP contribution in [0.5, 0.6) is 0 Å². The van der Waals surface area contributed by atoms with Crippen LogP contribution in [-0.4, -0.2) is 26.4 Å². The summed E-state index contributed by atoms with van der Waals surface area (Å²) in [4.78, 5) is 12.1. The Morgan fingerprint density at radius 2 is 2.12 bits per heavy atom. The van der Waals surface area contributed by atoms with E-state index in [4.69, 9.17) is 4.42 Å². The van der Waals surface area contributed by atoms with Gasteiger partial charge in [0, 0.05) is 13.1 Å². The number of carbonyl (C=O) groups is 1. The van der Waals surface area contributed by atoms with Crippen LogP contribution in [0.4, 0.5) is 0 Å². The van der Waals surface area contributed by atoms with Crippen LogP contribution in [0.1, 0.15) is 11.1 Å². The van der Waals surface area contributed by atoms with Gasteiger partial charge in [0.15, 0.2) is 10.9 Å². The zero-order chi connectivity index (χ0) is 18.4. The molecule has 0 atom stereocenters. The first-order valence-corrected chi connectivity index (χ1v) is 9.19. The molecule has 7 heteroatoms. The maximum atomic E-state index is 12.1. The second-order valence-corrected chi connectivity index (χ2v) is 6.68. The molecular weight excluding hydrogens is 348 g/mol. The van der Waals surface area contributed by atoms with Crippen molar-refractivity contribution < 1.29 is 9.21 Å². The van der Waals surface area contributed by atoms with Gasteiger partial charge >= 0.3 is 0 Å². The van der Waals surface area contributed by atoms with E-state index in [0.29, 0.717) is 29.8 Å². The summed E-state index contributed by atoms with van der Waals surface area (Å²) in [5.74, 6) is 1.47. The molecular formula is C19H20N4O2S. The molecule has 2 aromatic heterocycles.